The van der Waals surface area contributed by atoms with Crippen molar-refractivity contribution in [3.05, 3.63) is 47.8 Å². The summed E-state index contributed by atoms with van der Waals surface area (Å²) in [6, 6.07) is 7.19. The Balaban J connectivity index is 2.21. The zero-order valence-corrected chi connectivity index (χ0v) is 11.7. The summed E-state index contributed by atoms with van der Waals surface area (Å²) in [4.78, 5) is 16.2. The van der Waals surface area contributed by atoms with E-state index in [1.54, 1.807) is 32.6 Å². The zero-order chi connectivity index (χ0) is 14.5. The second-order valence-electron chi connectivity index (χ2n) is 4.31. The number of ether oxygens (including phenoxy) is 1. The van der Waals surface area contributed by atoms with Crippen LogP contribution in [0.1, 0.15) is 15.9 Å². The van der Waals surface area contributed by atoms with E-state index in [9.17, 15) is 4.79 Å². The highest BCUT2D eigenvalue weighted by Crippen LogP contribution is 2.22. The fraction of sp³-hybridized carbons (Fsp3) is 0.200. The van der Waals surface area contributed by atoms with Crippen LogP contribution in [0, 0.1) is 6.92 Å². The lowest BCUT2D eigenvalue weighted by molar-refractivity contribution is 0.102. The summed E-state index contributed by atoms with van der Waals surface area (Å²) in [5.41, 5.74) is 2.94. The molecule has 0 bridgehead atoms. The van der Waals surface area contributed by atoms with Gasteiger partial charge < -0.3 is 15.4 Å². The molecule has 0 aliphatic rings. The second-order valence-corrected chi connectivity index (χ2v) is 4.31. The number of rotatable bonds is 4. The zero-order valence-electron chi connectivity index (χ0n) is 11.7. The molecule has 1 aromatic carbocycles. The molecular formula is C15H17N3O2. The Hall–Kier alpha value is -2.56. The van der Waals surface area contributed by atoms with Gasteiger partial charge in [-0.2, -0.15) is 0 Å². The van der Waals surface area contributed by atoms with Gasteiger partial charge in [-0.3, -0.25) is 9.78 Å². The van der Waals surface area contributed by atoms with E-state index in [-0.39, 0.29) is 5.91 Å². The molecule has 2 rings (SSSR count). The Labute approximate surface area is 118 Å². The van der Waals surface area contributed by atoms with E-state index in [1.165, 1.54) is 0 Å². The minimum absolute atomic E-state index is 0.179. The van der Waals surface area contributed by atoms with Crippen LogP contribution in [0.3, 0.4) is 0 Å². The molecule has 0 radical (unpaired) electrons. The first-order chi connectivity index (χ1) is 9.65. The summed E-state index contributed by atoms with van der Waals surface area (Å²) in [5, 5.41) is 5.81. The normalized spacial score (nSPS) is 9.95. The van der Waals surface area contributed by atoms with E-state index in [0.29, 0.717) is 11.3 Å². The molecule has 5 nitrogen and oxygen atoms in total. The Kier molecular flexibility index (Phi) is 4.20. The maximum atomic E-state index is 12.2. The molecular weight excluding hydrogens is 254 g/mol. The number of pyridine rings is 1. The fourth-order valence-corrected chi connectivity index (χ4v) is 1.95. The molecule has 5 heteroatoms. The summed E-state index contributed by atoms with van der Waals surface area (Å²) in [5.74, 6) is 0.615. The lowest BCUT2D eigenvalue weighted by Gasteiger charge is -2.11. The van der Waals surface area contributed by atoms with Crippen molar-refractivity contribution in [2.75, 3.05) is 24.8 Å². The number of aromatic nitrogens is 1. The number of carbonyl (C=O) groups is 1. The topological polar surface area (TPSA) is 63.2 Å². The standard InChI is InChI=1S/C15H17N3O2/c1-10-8-11(4-5-14(10)20-3)18-15(19)12-6-7-17-9-13(12)16-2/h4-9,16H,1-3H3,(H,18,19). The van der Waals surface area contributed by atoms with Gasteiger partial charge in [0.2, 0.25) is 0 Å². The number of aryl methyl sites for hydroxylation is 1. The summed E-state index contributed by atoms with van der Waals surface area (Å²) >= 11 is 0. The Morgan fingerprint density at radius 1 is 1.30 bits per heavy atom. The van der Waals surface area contributed by atoms with E-state index < -0.39 is 0 Å². The van der Waals surface area contributed by atoms with Crippen LogP contribution in [0.4, 0.5) is 11.4 Å². The van der Waals surface area contributed by atoms with Crippen LogP contribution in [0.25, 0.3) is 0 Å². The molecule has 104 valence electrons. The third kappa shape index (κ3) is 2.88. The first-order valence-corrected chi connectivity index (χ1v) is 6.23. The van der Waals surface area contributed by atoms with Crippen molar-refractivity contribution in [1.82, 2.24) is 4.98 Å². The van der Waals surface area contributed by atoms with Crippen molar-refractivity contribution < 1.29 is 9.53 Å². The molecule has 0 unspecified atom stereocenters. The summed E-state index contributed by atoms with van der Waals surface area (Å²) in [6.45, 7) is 1.93. The molecule has 0 aliphatic carbocycles. The first-order valence-electron chi connectivity index (χ1n) is 6.23. The van der Waals surface area contributed by atoms with Crippen LogP contribution >= 0.6 is 0 Å². The maximum absolute atomic E-state index is 12.2. The van der Waals surface area contributed by atoms with Gasteiger partial charge in [-0.25, -0.2) is 0 Å². The number of benzene rings is 1. The average Bonchev–Trinajstić information content (AvgIpc) is 2.47. The average molecular weight is 271 g/mol. The largest absolute Gasteiger partial charge is 0.496 e. The molecule has 0 aliphatic heterocycles. The highest BCUT2D eigenvalue weighted by molar-refractivity contribution is 6.07. The van der Waals surface area contributed by atoms with E-state index in [4.69, 9.17) is 4.74 Å². The van der Waals surface area contributed by atoms with Crippen molar-refractivity contribution in [1.29, 1.82) is 0 Å². The molecule has 0 spiro atoms. The minimum Gasteiger partial charge on any atom is -0.496 e. The number of nitrogens with one attached hydrogen (secondary N) is 2. The van der Waals surface area contributed by atoms with Gasteiger partial charge in [0.05, 0.1) is 24.6 Å². The van der Waals surface area contributed by atoms with Crippen molar-refractivity contribution in [3.8, 4) is 5.75 Å². The van der Waals surface area contributed by atoms with E-state index in [2.05, 4.69) is 15.6 Å². The lowest BCUT2D eigenvalue weighted by atomic mass is 10.1. The number of nitrogens with zero attached hydrogens (tertiary/aromatic N) is 1. The molecule has 1 aromatic heterocycles. The quantitative estimate of drug-likeness (QED) is 0.897. The number of amides is 1. The molecule has 2 aromatic rings. The molecule has 1 amide bonds. The van der Waals surface area contributed by atoms with Crippen molar-refractivity contribution in [3.63, 3.8) is 0 Å². The smallest absolute Gasteiger partial charge is 0.257 e. The van der Waals surface area contributed by atoms with Gasteiger partial charge >= 0.3 is 0 Å². The molecule has 0 saturated carbocycles. The molecule has 1 heterocycles. The van der Waals surface area contributed by atoms with E-state index >= 15 is 0 Å². The number of carbonyl (C=O) groups excluding carboxylic acids is 1. The molecule has 0 fully saturated rings. The third-order valence-electron chi connectivity index (χ3n) is 2.99. The predicted molar refractivity (Wildman–Crippen MR) is 79.5 cm³/mol. The van der Waals surface area contributed by atoms with Gasteiger partial charge in [-0.15, -0.1) is 0 Å². The Morgan fingerprint density at radius 2 is 2.10 bits per heavy atom. The van der Waals surface area contributed by atoms with Gasteiger partial charge in [-0.1, -0.05) is 0 Å². The summed E-state index contributed by atoms with van der Waals surface area (Å²) in [7, 11) is 3.38. The number of hydrogen-bond donors (Lipinski definition) is 2. The molecule has 20 heavy (non-hydrogen) atoms. The van der Waals surface area contributed by atoms with Crippen molar-refractivity contribution in [2.24, 2.45) is 0 Å². The fourth-order valence-electron chi connectivity index (χ4n) is 1.95. The first kappa shape index (κ1) is 13.9. The van der Waals surface area contributed by atoms with Gasteiger partial charge in [0.1, 0.15) is 5.75 Å². The summed E-state index contributed by atoms with van der Waals surface area (Å²) in [6.07, 6.45) is 3.21. The van der Waals surface area contributed by atoms with E-state index in [1.807, 2.05) is 25.1 Å². The van der Waals surface area contributed by atoms with Gasteiger partial charge in [0.25, 0.3) is 5.91 Å². The second kappa shape index (κ2) is 6.06. The van der Waals surface area contributed by atoms with Crippen LogP contribution in [0.15, 0.2) is 36.7 Å². The minimum atomic E-state index is -0.179. The molecule has 0 saturated heterocycles. The number of anilines is 2. The van der Waals surface area contributed by atoms with Crippen LogP contribution in [0.5, 0.6) is 5.75 Å². The Morgan fingerprint density at radius 3 is 2.75 bits per heavy atom. The highest BCUT2D eigenvalue weighted by Gasteiger charge is 2.11. The van der Waals surface area contributed by atoms with Gasteiger partial charge in [0, 0.05) is 18.9 Å². The van der Waals surface area contributed by atoms with Gasteiger partial charge in [0.15, 0.2) is 0 Å². The predicted octanol–water partition coefficient (Wildman–Crippen LogP) is 2.69. The van der Waals surface area contributed by atoms with Crippen LogP contribution < -0.4 is 15.4 Å². The van der Waals surface area contributed by atoms with Crippen LogP contribution in [-0.4, -0.2) is 25.0 Å². The van der Waals surface area contributed by atoms with E-state index in [0.717, 1.165) is 17.0 Å². The third-order valence-corrected chi connectivity index (χ3v) is 2.99. The summed E-state index contributed by atoms with van der Waals surface area (Å²) < 4.78 is 5.20. The molecule has 0 atom stereocenters. The highest BCUT2D eigenvalue weighted by atomic mass is 16.5. The van der Waals surface area contributed by atoms with Crippen molar-refractivity contribution in [2.45, 2.75) is 6.92 Å². The van der Waals surface area contributed by atoms with Crippen LogP contribution in [0.2, 0.25) is 0 Å². The Bertz CT molecular complexity index is 626. The van der Waals surface area contributed by atoms with Crippen LogP contribution in [-0.2, 0) is 0 Å². The maximum Gasteiger partial charge on any atom is 0.257 e. The monoisotopic (exact) mass is 271 g/mol. The van der Waals surface area contributed by atoms with Crippen molar-refractivity contribution >= 4 is 17.3 Å². The lowest BCUT2D eigenvalue weighted by Crippen LogP contribution is -2.14. The number of hydrogen-bond acceptors (Lipinski definition) is 4. The SMILES string of the molecule is CNc1cnccc1C(=O)Nc1ccc(OC)c(C)c1. The van der Waals surface area contributed by atoms with Gasteiger partial charge in [-0.05, 0) is 36.8 Å². The molecule has 2 N–H and O–H groups in total. The number of methoxy groups -OCH3 is 1.